The molecule has 0 bridgehead atoms. The Bertz CT molecular complexity index is 594. The van der Waals surface area contributed by atoms with Crippen LogP contribution in [-0.2, 0) is 11.2 Å². The molecule has 2 aromatic carbocycles. The molecule has 0 spiro atoms. The Hall–Kier alpha value is -2.43. The fraction of sp³-hybridized carbons (Fsp3) is 0.0714. The molecule has 5 heteroatoms. The van der Waals surface area contributed by atoms with E-state index in [2.05, 4.69) is 5.32 Å². The normalized spacial score (nSPS) is 10.2. The van der Waals surface area contributed by atoms with Gasteiger partial charge in [0.25, 0.3) is 0 Å². The number of hydrogen-bond donors (Lipinski definition) is 2. The number of rotatable bonds is 3. The van der Waals surface area contributed by atoms with Gasteiger partial charge < -0.3 is 11.1 Å². The molecular formula is C14H12F2N2O. The van der Waals surface area contributed by atoms with Gasteiger partial charge in [0.1, 0.15) is 17.3 Å². The highest BCUT2D eigenvalue weighted by molar-refractivity contribution is 5.95. The first-order valence-corrected chi connectivity index (χ1v) is 5.65. The second kappa shape index (κ2) is 5.48. The van der Waals surface area contributed by atoms with Gasteiger partial charge in [-0.1, -0.05) is 24.3 Å². The van der Waals surface area contributed by atoms with Crippen LogP contribution in [0.25, 0.3) is 0 Å². The number of para-hydroxylation sites is 1. The van der Waals surface area contributed by atoms with E-state index in [9.17, 15) is 13.6 Å². The van der Waals surface area contributed by atoms with Crippen LogP contribution in [0, 0.1) is 11.6 Å². The lowest BCUT2D eigenvalue weighted by Crippen LogP contribution is -2.17. The van der Waals surface area contributed by atoms with Crippen molar-refractivity contribution in [3.05, 3.63) is 59.7 Å². The van der Waals surface area contributed by atoms with Crippen molar-refractivity contribution in [1.82, 2.24) is 0 Å². The largest absolute Gasteiger partial charge is 0.397 e. The van der Waals surface area contributed by atoms with Crippen LogP contribution in [0.15, 0.2) is 42.5 Å². The van der Waals surface area contributed by atoms with Gasteiger partial charge in [0.05, 0.1) is 12.1 Å². The molecule has 1 amide bonds. The number of anilines is 2. The minimum atomic E-state index is -0.623. The second-order valence-electron chi connectivity index (χ2n) is 4.02. The minimum absolute atomic E-state index is 0.0798. The van der Waals surface area contributed by atoms with Crippen LogP contribution in [0.3, 0.4) is 0 Å². The average Bonchev–Trinajstić information content (AvgIpc) is 2.37. The minimum Gasteiger partial charge on any atom is -0.397 e. The van der Waals surface area contributed by atoms with Gasteiger partial charge in [-0.15, -0.1) is 0 Å². The summed E-state index contributed by atoms with van der Waals surface area (Å²) in [5.41, 5.74) is 5.86. The summed E-state index contributed by atoms with van der Waals surface area (Å²) in [6.45, 7) is 0. The first-order chi connectivity index (χ1) is 9.08. The van der Waals surface area contributed by atoms with Crippen molar-refractivity contribution in [2.75, 3.05) is 11.1 Å². The third-order valence-electron chi connectivity index (χ3n) is 2.62. The third kappa shape index (κ3) is 3.07. The predicted octanol–water partition coefficient (Wildman–Crippen LogP) is 2.73. The Morgan fingerprint density at radius 1 is 1.05 bits per heavy atom. The first-order valence-electron chi connectivity index (χ1n) is 5.65. The topological polar surface area (TPSA) is 55.1 Å². The number of halogens is 2. The molecule has 0 heterocycles. The van der Waals surface area contributed by atoms with Crippen molar-refractivity contribution in [3.63, 3.8) is 0 Å². The van der Waals surface area contributed by atoms with E-state index >= 15 is 0 Å². The molecule has 3 N–H and O–H groups in total. The van der Waals surface area contributed by atoms with Gasteiger partial charge in [-0.3, -0.25) is 4.79 Å². The van der Waals surface area contributed by atoms with Crippen molar-refractivity contribution in [1.29, 1.82) is 0 Å². The maximum atomic E-state index is 13.5. The van der Waals surface area contributed by atoms with Gasteiger partial charge in [-0.05, 0) is 23.8 Å². The van der Waals surface area contributed by atoms with Gasteiger partial charge in [-0.25, -0.2) is 8.78 Å². The summed E-state index contributed by atoms with van der Waals surface area (Å²) in [5, 5.41) is 2.35. The van der Waals surface area contributed by atoms with E-state index < -0.39 is 17.5 Å². The molecule has 0 aliphatic carbocycles. The molecular weight excluding hydrogens is 250 g/mol. The number of nitrogens with two attached hydrogens (primary N) is 1. The molecule has 0 aromatic heterocycles. The van der Waals surface area contributed by atoms with Crippen molar-refractivity contribution in [2.24, 2.45) is 0 Å². The number of carbonyl (C=O) groups excluding carboxylic acids is 1. The SMILES string of the molecule is Nc1cccc(F)c1NC(=O)Cc1ccccc1F. The molecule has 98 valence electrons. The number of hydrogen-bond acceptors (Lipinski definition) is 2. The highest BCUT2D eigenvalue weighted by Gasteiger charge is 2.12. The van der Waals surface area contributed by atoms with Gasteiger partial charge in [0, 0.05) is 0 Å². The van der Waals surface area contributed by atoms with Crippen LogP contribution >= 0.6 is 0 Å². The van der Waals surface area contributed by atoms with Crippen LogP contribution in [0.5, 0.6) is 0 Å². The van der Waals surface area contributed by atoms with E-state index in [1.165, 1.54) is 36.4 Å². The van der Waals surface area contributed by atoms with Crippen molar-refractivity contribution >= 4 is 17.3 Å². The van der Waals surface area contributed by atoms with Crippen molar-refractivity contribution < 1.29 is 13.6 Å². The number of amides is 1. The van der Waals surface area contributed by atoms with Crippen LogP contribution in [0.1, 0.15) is 5.56 Å². The van der Waals surface area contributed by atoms with Gasteiger partial charge in [0.15, 0.2) is 0 Å². The van der Waals surface area contributed by atoms with Gasteiger partial charge >= 0.3 is 0 Å². The zero-order chi connectivity index (χ0) is 13.8. The molecule has 3 nitrogen and oxygen atoms in total. The van der Waals surface area contributed by atoms with E-state index in [1.807, 2.05) is 0 Å². The lowest BCUT2D eigenvalue weighted by Gasteiger charge is -2.09. The summed E-state index contributed by atoms with van der Waals surface area (Å²) in [6, 6.07) is 10.0. The van der Waals surface area contributed by atoms with Gasteiger partial charge in [-0.2, -0.15) is 0 Å². The summed E-state index contributed by atoms with van der Waals surface area (Å²) < 4.78 is 26.8. The molecule has 2 aromatic rings. The van der Waals surface area contributed by atoms with E-state index in [0.29, 0.717) is 0 Å². The van der Waals surface area contributed by atoms with Crippen molar-refractivity contribution in [2.45, 2.75) is 6.42 Å². The molecule has 0 aliphatic heterocycles. The Labute approximate surface area is 109 Å². The second-order valence-corrected chi connectivity index (χ2v) is 4.02. The summed E-state index contributed by atoms with van der Waals surface area (Å²) in [4.78, 5) is 11.7. The monoisotopic (exact) mass is 262 g/mol. The van der Waals surface area contributed by atoms with E-state index in [-0.39, 0.29) is 23.4 Å². The number of benzene rings is 2. The Morgan fingerprint density at radius 3 is 2.42 bits per heavy atom. The number of nitrogens with one attached hydrogen (secondary N) is 1. The van der Waals surface area contributed by atoms with Crippen molar-refractivity contribution in [3.8, 4) is 0 Å². The summed E-state index contributed by atoms with van der Waals surface area (Å²) in [7, 11) is 0. The van der Waals surface area contributed by atoms with E-state index in [0.717, 1.165) is 0 Å². The summed E-state index contributed by atoms with van der Waals surface area (Å²) >= 11 is 0. The fourth-order valence-corrected chi connectivity index (χ4v) is 1.67. The van der Waals surface area contributed by atoms with E-state index in [1.54, 1.807) is 6.07 Å². The van der Waals surface area contributed by atoms with Gasteiger partial charge in [0.2, 0.25) is 5.91 Å². The third-order valence-corrected chi connectivity index (χ3v) is 2.62. The Balaban J connectivity index is 2.12. The van der Waals surface area contributed by atoms with Crippen LogP contribution < -0.4 is 11.1 Å². The van der Waals surface area contributed by atoms with Crippen LogP contribution in [0.2, 0.25) is 0 Å². The smallest absolute Gasteiger partial charge is 0.229 e. The molecule has 0 radical (unpaired) electrons. The quantitative estimate of drug-likeness (QED) is 0.836. The maximum absolute atomic E-state index is 13.5. The zero-order valence-corrected chi connectivity index (χ0v) is 9.99. The molecule has 0 saturated heterocycles. The number of nitrogen functional groups attached to an aromatic ring is 1. The predicted molar refractivity (Wildman–Crippen MR) is 69.5 cm³/mol. The summed E-state index contributed by atoms with van der Waals surface area (Å²) in [6.07, 6.45) is -0.180. The van der Waals surface area contributed by atoms with Crippen LogP contribution in [-0.4, -0.2) is 5.91 Å². The molecule has 0 atom stereocenters. The molecule has 0 aliphatic rings. The lowest BCUT2D eigenvalue weighted by atomic mass is 10.1. The molecule has 2 rings (SSSR count). The standard InChI is InChI=1S/C14H12F2N2O/c15-10-5-2-1-4-9(10)8-13(19)18-14-11(16)6-3-7-12(14)17/h1-7H,8,17H2,(H,18,19). The highest BCUT2D eigenvalue weighted by atomic mass is 19.1. The average molecular weight is 262 g/mol. The number of carbonyl (C=O) groups is 1. The lowest BCUT2D eigenvalue weighted by molar-refractivity contribution is -0.115. The fourth-order valence-electron chi connectivity index (χ4n) is 1.67. The Morgan fingerprint density at radius 2 is 1.74 bits per heavy atom. The molecule has 0 fully saturated rings. The molecule has 0 unspecified atom stereocenters. The van der Waals surface area contributed by atoms with Crippen LogP contribution in [0.4, 0.5) is 20.2 Å². The first kappa shape index (κ1) is 13.0. The maximum Gasteiger partial charge on any atom is 0.229 e. The molecule has 0 saturated carbocycles. The summed E-state index contributed by atoms with van der Waals surface area (Å²) in [5.74, 6) is -1.62. The zero-order valence-electron chi connectivity index (χ0n) is 9.99. The molecule has 19 heavy (non-hydrogen) atoms. The van der Waals surface area contributed by atoms with E-state index in [4.69, 9.17) is 5.73 Å². The highest BCUT2D eigenvalue weighted by Crippen LogP contribution is 2.22. The Kier molecular flexibility index (Phi) is 3.75.